The largest absolute Gasteiger partial charge is 0.322 e. The van der Waals surface area contributed by atoms with E-state index in [0.717, 1.165) is 25.2 Å². The molecule has 0 radical (unpaired) electrons. The summed E-state index contributed by atoms with van der Waals surface area (Å²) in [4.78, 5) is 12.1. The standard InChI is InChI=1S/C17H20N2O/c1-2-11-18-13-14-7-6-10-16(12-14)19-17(20)15-8-4-3-5-9-15/h3-10,12,18H,2,11,13H2,1H3,(H,19,20). The van der Waals surface area contributed by atoms with Crippen LogP contribution in [0.15, 0.2) is 54.6 Å². The van der Waals surface area contributed by atoms with Crippen LogP contribution in [0, 0.1) is 0 Å². The summed E-state index contributed by atoms with van der Waals surface area (Å²) in [6, 6.07) is 17.2. The highest BCUT2D eigenvalue weighted by Gasteiger charge is 2.05. The minimum Gasteiger partial charge on any atom is -0.322 e. The molecule has 0 aromatic heterocycles. The highest BCUT2D eigenvalue weighted by Crippen LogP contribution is 2.12. The van der Waals surface area contributed by atoms with Crippen molar-refractivity contribution in [1.82, 2.24) is 5.32 Å². The molecule has 0 unspecified atom stereocenters. The van der Waals surface area contributed by atoms with Crippen LogP contribution in [-0.2, 0) is 6.54 Å². The van der Waals surface area contributed by atoms with Gasteiger partial charge in [-0.15, -0.1) is 0 Å². The van der Waals surface area contributed by atoms with Gasteiger partial charge in [0.15, 0.2) is 0 Å². The predicted octanol–water partition coefficient (Wildman–Crippen LogP) is 3.44. The molecule has 3 nitrogen and oxygen atoms in total. The van der Waals surface area contributed by atoms with Gasteiger partial charge in [0, 0.05) is 17.8 Å². The third-order valence-corrected chi connectivity index (χ3v) is 2.98. The van der Waals surface area contributed by atoms with Crippen molar-refractivity contribution in [1.29, 1.82) is 0 Å². The number of carbonyl (C=O) groups is 1. The molecule has 104 valence electrons. The van der Waals surface area contributed by atoms with Gasteiger partial charge in [-0.25, -0.2) is 0 Å². The minimum absolute atomic E-state index is 0.0794. The molecule has 0 aliphatic rings. The second-order valence-corrected chi connectivity index (χ2v) is 4.70. The summed E-state index contributed by atoms with van der Waals surface area (Å²) in [5, 5.41) is 6.27. The molecule has 0 spiro atoms. The number of nitrogens with one attached hydrogen (secondary N) is 2. The van der Waals surface area contributed by atoms with Gasteiger partial charge in [-0.3, -0.25) is 4.79 Å². The smallest absolute Gasteiger partial charge is 0.255 e. The van der Waals surface area contributed by atoms with Crippen molar-refractivity contribution in [2.75, 3.05) is 11.9 Å². The summed E-state index contributed by atoms with van der Waals surface area (Å²) in [6.45, 7) is 3.97. The van der Waals surface area contributed by atoms with Crippen LogP contribution >= 0.6 is 0 Å². The topological polar surface area (TPSA) is 41.1 Å². The molecule has 2 aromatic carbocycles. The highest BCUT2D eigenvalue weighted by molar-refractivity contribution is 6.04. The van der Waals surface area contributed by atoms with Crippen LogP contribution in [0.25, 0.3) is 0 Å². The molecule has 0 atom stereocenters. The third kappa shape index (κ3) is 4.21. The number of rotatable bonds is 6. The lowest BCUT2D eigenvalue weighted by Gasteiger charge is -2.08. The molecule has 2 N–H and O–H groups in total. The van der Waals surface area contributed by atoms with E-state index in [1.54, 1.807) is 0 Å². The van der Waals surface area contributed by atoms with E-state index in [-0.39, 0.29) is 5.91 Å². The first kappa shape index (κ1) is 14.3. The Morgan fingerprint density at radius 2 is 1.85 bits per heavy atom. The van der Waals surface area contributed by atoms with E-state index in [1.807, 2.05) is 48.5 Å². The van der Waals surface area contributed by atoms with Gasteiger partial charge < -0.3 is 10.6 Å². The Balaban J connectivity index is 1.99. The van der Waals surface area contributed by atoms with E-state index >= 15 is 0 Å². The fourth-order valence-corrected chi connectivity index (χ4v) is 1.96. The Morgan fingerprint density at radius 1 is 1.05 bits per heavy atom. The number of hydrogen-bond acceptors (Lipinski definition) is 2. The van der Waals surface area contributed by atoms with Crippen LogP contribution in [0.2, 0.25) is 0 Å². The second-order valence-electron chi connectivity index (χ2n) is 4.70. The first-order valence-electron chi connectivity index (χ1n) is 6.95. The van der Waals surface area contributed by atoms with E-state index in [9.17, 15) is 4.79 Å². The molecule has 0 aliphatic carbocycles. The van der Waals surface area contributed by atoms with Gasteiger partial charge in [-0.1, -0.05) is 37.3 Å². The maximum atomic E-state index is 12.1. The first-order valence-corrected chi connectivity index (χ1v) is 6.95. The molecule has 0 heterocycles. The van der Waals surface area contributed by atoms with E-state index in [1.165, 1.54) is 5.56 Å². The summed E-state index contributed by atoms with van der Waals surface area (Å²) in [7, 11) is 0. The Morgan fingerprint density at radius 3 is 2.60 bits per heavy atom. The minimum atomic E-state index is -0.0794. The lowest BCUT2D eigenvalue weighted by molar-refractivity contribution is 0.102. The summed E-state index contributed by atoms with van der Waals surface area (Å²) in [5.41, 5.74) is 2.67. The lowest BCUT2D eigenvalue weighted by Crippen LogP contribution is -2.15. The Kier molecular flexibility index (Phi) is 5.33. The first-order chi connectivity index (χ1) is 9.79. The number of carbonyl (C=O) groups excluding carboxylic acids is 1. The second kappa shape index (κ2) is 7.46. The molecule has 0 saturated carbocycles. The van der Waals surface area contributed by atoms with Crippen LogP contribution < -0.4 is 10.6 Å². The van der Waals surface area contributed by atoms with Crippen molar-refractivity contribution in [2.45, 2.75) is 19.9 Å². The SMILES string of the molecule is CCCNCc1cccc(NC(=O)c2ccccc2)c1. The van der Waals surface area contributed by atoms with Gasteiger partial charge in [-0.2, -0.15) is 0 Å². The van der Waals surface area contributed by atoms with Crippen LogP contribution in [0.1, 0.15) is 29.3 Å². The van der Waals surface area contributed by atoms with E-state index in [2.05, 4.69) is 23.6 Å². The van der Waals surface area contributed by atoms with E-state index in [0.29, 0.717) is 5.56 Å². The van der Waals surface area contributed by atoms with Gasteiger partial charge in [0.05, 0.1) is 0 Å². The highest BCUT2D eigenvalue weighted by atomic mass is 16.1. The van der Waals surface area contributed by atoms with Gasteiger partial charge >= 0.3 is 0 Å². The fraction of sp³-hybridized carbons (Fsp3) is 0.235. The molecule has 0 saturated heterocycles. The van der Waals surface area contributed by atoms with Crippen molar-refractivity contribution in [3.63, 3.8) is 0 Å². The number of benzene rings is 2. The Bertz CT molecular complexity index is 552. The predicted molar refractivity (Wildman–Crippen MR) is 82.8 cm³/mol. The Labute approximate surface area is 120 Å². The lowest BCUT2D eigenvalue weighted by atomic mass is 10.1. The maximum Gasteiger partial charge on any atom is 0.255 e. The molecule has 2 aromatic rings. The van der Waals surface area contributed by atoms with Crippen LogP contribution in [0.4, 0.5) is 5.69 Å². The summed E-state index contributed by atoms with van der Waals surface area (Å²) in [6.07, 6.45) is 1.12. The molecule has 3 heteroatoms. The summed E-state index contributed by atoms with van der Waals surface area (Å²) >= 11 is 0. The molecule has 0 aliphatic heterocycles. The maximum absolute atomic E-state index is 12.1. The zero-order chi connectivity index (χ0) is 14.2. The average molecular weight is 268 g/mol. The fourth-order valence-electron chi connectivity index (χ4n) is 1.96. The van der Waals surface area contributed by atoms with Gasteiger partial charge in [0.1, 0.15) is 0 Å². The van der Waals surface area contributed by atoms with Crippen molar-refractivity contribution in [3.05, 3.63) is 65.7 Å². The van der Waals surface area contributed by atoms with Gasteiger partial charge in [0.25, 0.3) is 5.91 Å². The molecule has 20 heavy (non-hydrogen) atoms. The van der Waals surface area contributed by atoms with E-state index in [4.69, 9.17) is 0 Å². The zero-order valence-electron chi connectivity index (χ0n) is 11.7. The van der Waals surface area contributed by atoms with Crippen LogP contribution in [0.3, 0.4) is 0 Å². The summed E-state index contributed by atoms with van der Waals surface area (Å²) < 4.78 is 0. The van der Waals surface area contributed by atoms with Crippen LogP contribution in [0.5, 0.6) is 0 Å². The number of hydrogen-bond donors (Lipinski definition) is 2. The van der Waals surface area contributed by atoms with Gasteiger partial charge in [0.2, 0.25) is 0 Å². The zero-order valence-corrected chi connectivity index (χ0v) is 11.7. The van der Waals surface area contributed by atoms with E-state index < -0.39 is 0 Å². The quantitative estimate of drug-likeness (QED) is 0.788. The van der Waals surface area contributed by atoms with Crippen molar-refractivity contribution < 1.29 is 4.79 Å². The normalized spacial score (nSPS) is 10.2. The van der Waals surface area contributed by atoms with Gasteiger partial charge in [-0.05, 0) is 42.8 Å². The molecule has 0 fully saturated rings. The van der Waals surface area contributed by atoms with Crippen LogP contribution in [-0.4, -0.2) is 12.5 Å². The van der Waals surface area contributed by atoms with Crippen molar-refractivity contribution in [3.8, 4) is 0 Å². The molecular weight excluding hydrogens is 248 g/mol. The Hall–Kier alpha value is -2.13. The molecular formula is C17H20N2O. The number of amides is 1. The molecule has 2 rings (SSSR count). The molecule has 0 bridgehead atoms. The average Bonchev–Trinajstić information content (AvgIpc) is 2.49. The monoisotopic (exact) mass is 268 g/mol. The third-order valence-electron chi connectivity index (χ3n) is 2.98. The van der Waals surface area contributed by atoms with Crippen molar-refractivity contribution in [2.24, 2.45) is 0 Å². The van der Waals surface area contributed by atoms with Crippen molar-refractivity contribution >= 4 is 11.6 Å². The number of anilines is 1. The molecule has 1 amide bonds. The summed E-state index contributed by atoms with van der Waals surface area (Å²) in [5.74, 6) is -0.0794.